The van der Waals surface area contributed by atoms with Crippen LogP contribution in [0.15, 0.2) is 95.9 Å². The second kappa shape index (κ2) is 8.63. The standard InChI is InChI=1S/C23H20O2S/c1-17(24)21(22(25)18-11-5-2-6-12-18)23(19-13-7-3-8-14-19)26-20-15-9-4-10-16-20/h2-16,21,23H,1H3/t21-,23-/m0/s1. The van der Waals surface area contributed by atoms with Crippen molar-refractivity contribution in [1.82, 2.24) is 0 Å². The Morgan fingerprint density at radius 1 is 0.731 bits per heavy atom. The Morgan fingerprint density at radius 2 is 1.23 bits per heavy atom. The van der Waals surface area contributed by atoms with Crippen LogP contribution in [0, 0.1) is 5.92 Å². The minimum Gasteiger partial charge on any atom is -0.299 e. The Balaban J connectivity index is 2.02. The molecule has 0 aliphatic heterocycles. The van der Waals surface area contributed by atoms with E-state index in [1.807, 2.05) is 78.9 Å². The Hall–Kier alpha value is -2.65. The minimum absolute atomic E-state index is 0.115. The monoisotopic (exact) mass is 360 g/mol. The maximum atomic E-state index is 13.2. The zero-order valence-corrected chi connectivity index (χ0v) is 15.4. The van der Waals surface area contributed by atoms with E-state index in [-0.39, 0.29) is 16.8 Å². The van der Waals surface area contributed by atoms with E-state index >= 15 is 0 Å². The highest BCUT2D eigenvalue weighted by atomic mass is 32.2. The van der Waals surface area contributed by atoms with Gasteiger partial charge in [-0.15, -0.1) is 11.8 Å². The number of ketones is 2. The Bertz CT molecular complexity index is 860. The average molecular weight is 360 g/mol. The number of rotatable bonds is 7. The Labute approximate surface area is 158 Å². The summed E-state index contributed by atoms with van der Waals surface area (Å²) in [5.41, 5.74) is 1.55. The van der Waals surface area contributed by atoms with Gasteiger partial charge in [-0.05, 0) is 24.6 Å². The molecule has 0 saturated carbocycles. The number of carbonyl (C=O) groups is 2. The quantitative estimate of drug-likeness (QED) is 0.312. The Morgan fingerprint density at radius 3 is 1.77 bits per heavy atom. The predicted molar refractivity (Wildman–Crippen MR) is 106 cm³/mol. The first-order valence-electron chi connectivity index (χ1n) is 8.53. The second-order valence-electron chi connectivity index (χ2n) is 6.08. The summed E-state index contributed by atoms with van der Waals surface area (Å²) in [4.78, 5) is 26.7. The fourth-order valence-corrected chi connectivity index (χ4v) is 4.29. The van der Waals surface area contributed by atoms with Crippen molar-refractivity contribution in [2.45, 2.75) is 17.1 Å². The fraction of sp³-hybridized carbons (Fsp3) is 0.130. The molecule has 130 valence electrons. The molecule has 2 nitrogen and oxygen atoms in total. The fourth-order valence-electron chi connectivity index (χ4n) is 2.93. The molecule has 0 aliphatic rings. The molecule has 2 atom stereocenters. The third-order valence-electron chi connectivity index (χ3n) is 4.22. The molecule has 0 amide bonds. The van der Waals surface area contributed by atoms with Gasteiger partial charge in [0.1, 0.15) is 5.78 Å². The molecule has 0 fully saturated rings. The van der Waals surface area contributed by atoms with Crippen molar-refractivity contribution in [3.63, 3.8) is 0 Å². The highest BCUT2D eigenvalue weighted by Crippen LogP contribution is 2.42. The molecule has 0 heterocycles. The molecule has 0 N–H and O–H groups in total. The van der Waals surface area contributed by atoms with Crippen LogP contribution in [0.1, 0.15) is 28.1 Å². The van der Waals surface area contributed by atoms with Crippen LogP contribution in [0.4, 0.5) is 0 Å². The second-order valence-corrected chi connectivity index (χ2v) is 7.30. The van der Waals surface area contributed by atoms with Crippen molar-refractivity contribution in [3.8, 4) is 0 Å². The van der Waals surface area contributed by atoms with Crippen molar-refractivity contribution in [1.29, 1.82) is 0 Å². The van der Waals surface area contributed by atoms with Crippen molar-refractivity contribution < 1.29 is 9.59 Å². The molecule has 0 bridgehead atoms. The number of thioether (sulfide) groups is 1. The van der Waals surface area contributed by atoms with Crippen LogP contribution < -0.4 is 0 Å². The summed E-state index contributed by atoms with van der Waals surface area (Å²) in [6.45, 7) is 1.51. The lowest BCUT2D eigenvalue weighted by molar-refractivity contribution is -0.119. The third-order valence-corrected chi connectivity index (χ3v) is 5.56. The van der Waals surface area contributed by atoms with Crippen LogP contribution in [0.3, 0.4) is 0 Å². The van der Waals surface area contributed by atoms with Gasteiger partial charge in [0.05, 0.1) is 11.2 Å². The first-order chi connectivity index (χ1) is 12.7. The SMILES string of the molecule is CC(=O)[C@@H](C(=O)c1ccccc1)[C@@H](Sc1ccccc1)c1ccccc1. The molecule has 0 aliphatic carbocycles. The molecule has 3 heteroatoms. The highest BCUT2D eigenvalue weighted by molar-refractivity contribution is 7.99. The van der Waals surface area contributed by atoms with Gasteiger partial charge in [-0.2, -0.15) is 0 Å². The molecule has 0 saturated heterocycles. The molecule has 0 unspecified atom stereocenters. The summed E-state index contributed by atoms with van der Waals surface area (Å²) >= 11 is 1.56. The lowest BCUT2D eigenvalue weighted by Gasteiger charge is -2.24. The molecule has 3 aromatic rings. The molecule has 0 spiro atoms. The summed E-state index contributed by atoms with van der Waals surface area (Å²) in [5, 5.41) is -0.274. The van der Waals surface area contributed by atoms with Gasteiger partial charge >= 0.3 is 0 Å². The van der Waals surface area contributed by atoms with Gasteiger partial charge in [-0.1, -0.05) is 78.9 Å². The summed E-state index contributed by atoms with van der Waals surface area (Å²) in [6, 6.07) is 28.7. The van der Waals surface area contributed by atoms with Crippen molar-refractivity contribution in [2.24, 2.45) is 5.92 Å². The van der Waals surface area contributed by atoms with Gasteiger partial charge in [-0.25, -0.2) is 0 Å². The molecule has 26 heavy (non-hydrogen) atoms. The van der Waals surface area contributed by atoms with Crippen molar-refractivity contribution in [2.75, 3.05) is 0 Å². The van der Waals surface area contributed by atoms with Crippen LogP contribution in [0.5, 0.6) is 0 Å². The van der Waals surface area contributed by atoms with E-state index in [0.717, 1.165) is 10.5 Å². The third kappa shape index (κ3) is 4.30. The largest absolute Gasteiger partial charge is 0.299 e. The van der Waals surface area contributed by atoms with Gasteiger partial charge < -0.3 is 0 Å². The van der Waals surface area contributed by atoms with Crippen LogP contribution in [0.2, 0.25) is 0 Å². The van der Waals surface area contributed by atoms with Gasteiger partial charge in [0, 0.05) is 10.5 Å². The predicted octanol–water partition coefficient (Wildman–Crippen LogP) is 5.61. The molecule has 3 rings (SSSR count). The molecule has 3 aromatic carbocycles. The molecular formula is C23H20O2S. The van der Waals surface area contributed by atoms with E-state index in [9.17, 15) is 9.59 Å². The van der Waals surface area contributed by atoms with Crippen LogP contribution in [-0.4, -0.2) is 11.6 Å². The number of hydrogen-bond donors (Lipinski definition) is 0. The molecular weight excluding hydrogens is 340 g/mol. The Kier molecular flexibility index (Phi) is 6.03. The van der Waals surface area contributed by atoms with Gasteiger partial charge in [0.15, 0.2) is 5.78 Å². The number of carbonyl (C=O) groups excluding carboxylic acids is 2. The van der Waals surface area contributed by atoms with Gasteiger partial charge in [0.25, 0.3) is 0 Å². The van der Waals surface area contributed by atoms with Gasteiger partial charge in [-0.3, -0.25) is 9.59 Å². The van der Waals surface area contributed by atoms with E-state index in [2.05, 4.69) is 0 Å². The summed E-state index contributed by atoms with van der Waals surface area (Å²) in [5.74, 6) is -0.975. The van der Waals surface area contributed by atoms with Crippen molar-refractivity contribution >= 4 is 23.3 Å². The van der Waals surface area contributed by atoms with E-state index in [0.29, 0.717) is 5.56 Å². The minimum atomic E-state index is -0.731. The maximum Gasteiger partial charge on any atom is 0.174 e. The summed E-state index contributed by atoms with van der Waals surface area (Å²) in [7, 11) is 0. The normalized spacial score (nSPS) is 13.0. The zero-order chi connectivity index (χ0) is 18.4. The van der Waals surface area contributed by atoms with E-state index in [1.54, 1.807) is 23.9 Å². The summed E-state index contributed by atoms with van der Waals surface area (Å²) < 4.78 is 0. The van der Waals surface area contributed by atoms with E-state index in [4.69, 9.17) is 0 Å². The number of benzene rings is 3. The lowest BCUT2D eigenvalue weighted by atomic mass is 9.88. The van der Waals surface area contributed by atoms with Gasteiger partial charge in [0.2, 0.25) is 0 Å². The smallest absolute Gasteiger partial charge is 0.174 e. The van der Waals surface area contributed by atoms with E-state index in [1.165, 1.54) is 6.92 Å². The first-order valence-corrected chi connectivity index (χ1v) is 9.41. The van der Waals surface area contributed by atoms with Crippen molar-refractivity contribution in [3.05, 3.63) is 102 Å². The highest BCUT2D eigenvalue weighted by Gasteiger charge is 2.34. The molecule has 0 aromatic heterocycles. The number of Topliss-reactive ketones (excluding diaryl/α,β-unsaturated/α-hetero) is 2. The van der Waals surface area contributed by atoms with Crippen LogP contribution in [-0.2, 0) is 4.79 Å². The average Bonchev–Trinajstić information content (AvgIpc) is 2.69. The first kappa shape index (κ1) is 18.2. The number of hydrogen-bond acceptors (Lipinski definition) is 3. The lowest BCUT2D eigenvalue weighted by Crippen LogP contribution is -2.27. The summed E-state index contributed by atoms with van der Waals surface area (Å²) in [6.07, 6.45) is 0. The maximum absolute atomic E-state index is 13.2. The topological polar surface area (TPSA) is 34.1 Å². The molecule has 0 radical (unpaired) electrons. The zero-order valence-electron chi connectivity index (χ0n) is 14.5. The van der Waals surface area contributed by atoms with Crippen LogP contribution >= 0.6 is 11.8 Å². The van der Waals surface area contributed by atoms with Crippen LogP contribution in [0.25, 0.3) is 0 Å². The van der Waals surface area contributed by atoms with E-state index < -0.39 is 5.92 Å².